The molecule has 18 heavy (non-hydrogen) atoms. The lowest BCUT2D eigenvalue weighted by Gasteiger charge is -2.11. The molecule has 0 radical (unpaired) electrons. The molecule has 102 valence electrons. The number of hydrogen-bond donors (Lipinski definition) is 2. The first-order chi connectivity index (χ1) is 8.21. The van der Waals surface area contributed by atoms with Crippen LogP contribution in [-0.2, 0) is 19.9 Å². The van der Waals surface area contributed by atoms with E-state index in [1.807, 2.05) is 0 Å². The summed E-state index contributed by atoms with van der Waals surface area (Å²) in [6, 6.07) is 0. The number of rotatable bonds is 3. The minimum atomic E-state index is -3.70. The van der Waals surface area contributed by atoms with Gasteiger partial charge in [0.1, 0.15) is 0 Å². The Hall–Kier alpha value is -1.09. The van der Waals surface area contributed by atoms with E-state index >= 15 is 0 Å². The lowest BCUT2D eigenvalue weighted by molar-refractivity contribution is 0.587. The van der Waals surface area contributed by atoms with Crippen molar-refractivity contribution in [3.8, 4) is 0 Å². The van der Waals surface area contributed by atoms with E-state index in [-0.39, 0.29) is 23.7 Å². The largest absolute Gasteiger partial charge is 0.280 e. The third kappa shape index (κ3) is 2.51. The van der Waals surface area contributed by atoms with Crippen LogP contribution in [0.1, 0.15) is 17.7 Å². The van der Waals surface area contributed by atoms with Crippen molar-refractivity contribution in [2.45, 2.75) is 25.5 Å². The molecule has 1 aliphatic rings. The molecule has 2 N–H and O–H groups in total. The highest BCUT2D eigenvalue weighted by atomic mass is 32.2. The number of sulfonamides is 1. The van der Waals surface area contributed by atoms with Gasteiger partial charge in [-0.25, -0.2) is 16.8 Å². The zero-order valence-corrected chi connectivity index (χ0v) is 11.7. The minimum Gasteiger partial charge on any atom is -0.280 e. The number of sulfone groups is 1. The van der Waals surface area contributed by atoms with Gasteiger partial charge in [-0.05, 0) is 20.3 Å². The fraction of sp³-hybridized carbons (Fsp3) is 0.667. The van der Waals surface area contributed by atoms with Crippen LogP contribution in [0.2, 0.25) is 0 Å². The Labute approximate surface area is 106 Å². The summed E-state index contributed by atoms with van der Waals surface area (Å²) in [5.41, 5.74) is 1.48. The highest BCUT2D eigenvalue weighted by molar-refractivity contribution is 7.97. The number of aromatic nitrogens is 2. The molecule has 2 rings (SSSR count). The van der Waals surface area contributed by atoms with Crippen LogP contribution in [0.4, 0.5) is 5.82 Å². The van der Waals surface area contributed by atoms with Gasteiger partial charge in [-0.1, -0.05) is 0 Å². The van der Waals surface area contributed by atoms with Gasteiger partial charge in [0.15, 0.2) is 15.7 Å². The van der Waals surface area contributed by atoms with E-state index in [9.17, 15) is 16.8 Å². The van der Waals surface area contributed by atoms with Crippen LogP contribution in [0.5, 0.6) is 0 Å². The molecule has 0 aliphatic carbocycles. The van der Waals surface area contributed by atoms with E-state index < -0.39 is 25.1 Å². The summed E-state index contributed by atoms with van der Waals surface area (Å²) < 4.78 is 49.0. The number of H-pyrrole nitrogens is 1. The number of aromatic amines is 1. The maximum absolute atomic E-state index is 12.0. The molecule has 0 bridgehead atoms. The standard InChI is InChI=1S/C9H15N3O4S2/c1-6-7(2)10-11-9(6)12-18(15,16)8-3-4-17(13,14)5-8/h8H,3-5H2,1-2H3,(H2,10,11,12). The van der Waals surface area contributed by atoms with Crippen LogP contribution in [0.15, 0.2) is 0 Å². The van der Waals surface area contributed by atoms with Gasteiger partial charge in [0.25, 0.3) is 0 Å². The molecule has 0 aromatic carbocycles. The number of nitrogens with zero attached hydrogens (tertiary/aromatic N) is 1. The maximum Gasteiger partial charge on any atom is 0.237 e. The first-order valence-corrected chi connectivity index (χ1v) is 8.82. The zero-order valence-electron chi connectivity index (χ0n) is 10.1. The quantitative estimate of drug-likeness (QED) is 0.812. The first kappa shape index (κ1) is 13.3. The fourth-order valence-electron chi connectivity index (χ4n) is 1.81. The average molecular weight is 293 g/mol. The van der Waals surface area contributed by atoms with E-state index in [1.54, 1.807) is 13.8 Å². The molecule has 0 spiro atoms. The summed E-state index contributed by atoms with van der Waals surface area (Å²) in [7, 11) is -6.93. The highest BCUT2D eigenvalue weighted by Gasteiger charge is 2.37. The van der Waals surface area contributed by atoms with Crippen molar-refractivity contribution >= 4 is 25.7 Å². The molecule has 1 fully saturated rings. The van der Waals surface area contributed by atoms with Crippen LogP contribution in [0.25, 0.3) is 0 Å². The zero-order chi connectivity index (χ0) is 13.6. The van der Waals surface area contributed by atoms with E-state index in [1.165, 1.54) is 0 Å². The van der Waals surface area contributed by atoms with E-state index in [4.69, 9.17) is 0 Å². The molecule has 7 nitrogen and oxygen atoms in total. The number of hydrogen-bond acceptors (Lipinski definition) is 5. The third-order valence-corrected chi connectivity index (χ3v) is 6.86. The van der Waals surface area contributed by atoms with Crippen LogP contribution in [-0.4, -0.2) is 43.8 Å². The van der Waals surface area contributed by atoms with Crippen molar-refractivity contribution in [3.63, 3.8) is 0 Å². The molecular formula is C9H15N3O4S2. The van der Waals surface area contributed by atoms with E-state index in [2.05, 4.69) is 14.9 Å². The van der Waals surface area contributed by atoms with Crippen molar-refractivity contribution in [1.82, 2.24) is 10.2 Å². The molecule has 2 heterocycles. The number of aryl methyl sites for hydroxylation is 1. The molecule has 9 heteroatoms. The van der Waals surface area contributed by atoms with Crippen LogP contribution < -0.4 is 4.72 Å². The monoisotopic (exact) mass is 293 g/mol. The van der Waals surface area contributed by atoms with Gasteiger partial charge in [0, 0.05) is 11.3 Å². The Kier molecular flexibility index (Phi) is 3.14. The van der Waals surface area contributed by atoms with Crippen molar-refractivity contribution in [3.05, 3.63) is 11.3 Å². The summed E-state index contributed by atoms with van der Waals surface area (Å²) in [5, 5.41) is 5.62. The molecule has 1 aromatic rings. The van der Waals surface area contributed by atoms with E-state index in [0.717, 1.165) is 5.69 Å². The predicted molar refractivity (Wildman–Crippen MR) is 67.7 cm³/mol. The lowest BCUT2D eigenvalue weighted by atomic mass is 10.3. The fourth-order valence-corrected chi connectivity index (χ4v) is 5.90. The summed E-state index contributed by atoms with van der Waals surface area (Å²) in [5.74, 6) is -0.154. The molecule has 1 unspecified atom stereocenters. The minimum absolute atomic E-state index is 0.0723. The highest BCUT2D eigenvalue weighted by Crippen LogP contribution is 2.22. The molecule has 1 saturated heterocycles. The summed E-state index contributed by atoms with van der Waals surface area (Å²) >= 11 is 0. The number of anilines is 1. The Morgan fingerprint density at radius 1 is 1.39 bits per heavy atom. The summed E-state index contributed by atoms with van der Waals surface area (Å²) in [6.07, 6.45) is 0.139. The maximum atomic E-state index is 12.0. The van der Waals surface area contributed by atoms with Crippen LogP contribution >= 0.6 is 0 Å². The van der Waals surface area contributed by atoms with Gasteiger partial charge >= 0.3 is 0 Å². The van der Waals surface area contributed by atoms with Crippen molar-refractivity contribution in [1.29, 1.82) is 0 Å². The van der Waals surface area contributed by atoms with Crippen molar-refractivity contribution in [2.24, 2.45) is 0 Å². The van der Waals surface area contributed by atoms with Gasteiger partial charge in [-0.15, -0.1) is 0 Å². The van der Waals surface area contributed by atoms with Crippen molar-refractivity contribution < 1.29 is 16.8 Å². The second kappa shape index (κ2) is 4.23. The molecule has 0 amide bonds. The third-order valence-electron chi connectivity index (χ3n) is 3.12. The van der Waals surface area contributed by atoms with Gasteiger partial charge in [0.2, 0.25) is 10.0 Å². The Morgan fingerprint density at radius 2 is 2.06 bits per heavy atom. The summed E-state index contributed by atoms with van der Waals surface area (Å²) in [4.78, 5) is 0. The lowest BCUT2D eigenvalue weighted by Crippen LogP contribution is -2.29. The van der Waals surface area contributed by atoms with Gasteiger partial charge in [-0.3, -0.25) is 9.82 Å². The van der Waals surface area contributed by atoms with Gasteiger partial charge in [-0.2, -0.15) is 5.10 Å². The number of nitrogens with one attached hydrogen (secondary N) is 2. The van der Waals surface area contributed by atoms with Gasteiger partial charge < -0.3 is 0 Å². The SMILES string of the molecule is Cc1[nH]nc(NS(=O)(=O)C2CCS(=O)(=O)C2)c1C. The normalized spacial score (nSPS) is 23.1. The Balaban J connectivity index is 2.21. The van der Waals surface area contributed by atoms with Gasteiger partial charge in [0.05, 0.1) is 16.8 Å². The van der Waals surface area contributed by atoms with Crippen LogP contribution in [0.3, 0.4) is 0 Å². The first-order valence-electron chi connectivity index (χ1n) is 5.45. The second-order valence-electron chi connectivity index (χ2n) is 4.49. The molecule has 1 aliphatic heterocycles. The topological polar surface area (TPSA) is 109 Å². The molecule has 1 aromatic heterocycles. The Bertz CT molecular complexity index is 660. The molecule has 1 atom stereocenters. The second-order valence-corrected chi connectivity index (χ2v) is 8.68. The summed E-state index contributed by atoms with van der Waals surface area (Å²) in [6.45, 7) is 3.52. The Morgan fingerprint density at radius 3 is 2.50 bits per heavy atom. The average Bonchev–Trinajstić information content (AvgIpc) is 2.76. The predicted octanol–water partition coefficient (Wildman–Crippen LogP) is -0.0447. The smallest absolute Gasteiger partial charge is 0.237 e. The van der Waals surface area contributed by atoms with Crippen molar-refractivity contribution in [2.75, 3.05) is 16.2 Å². The van der Waals surface area contributed by atoms with Crippen LogP contribution in [0, 0.1) is 13.8 Å². The van der Waals surface area contributed by atoms with E-state index in [0.29, 0.717) is 5.56 Å². The molecular weight excluding hydrogens is 278 g/mol. The molecule has 0 saturated carbocycles.